The van der Waals surface area contributed by atoms with Gasteiger partial charge in [0, 0.05) is 11.8 Å². The van der Waals surface area contributed by atoms with Crippen LogP contribution in [0.3, 0.4) is 0 Å². The first-order chi connectivity index (χ1) is 15.0. The largest absolute Gasteiger partial charge is 0.489 e. The highest BCUT2D eigenvalue weighted by Crippen LogP contribution is 2.25. The summed E-state index contributed by atoms with van der Waals surface area (Å²) >= 11 is 1.41. The van der Waals surface area contributed by atoms with Crippen molar-refractivity contribution in [3.63, 3.8) is 0 Å². The van der Waals surface area contributed by atoms with Crippen molar-refractivity contribution < 1.29 is 9.53 Å². The Balaban J connectivity index is 1.35. The second kappa shape index (κ2) is 9.18. The van der Waals surface area contributed by atoms with E-state index in [1.165, 1.54) is 22.5 Å². The minimum absolute atomic E-state index is 0.141. The summed E-state index contributed by atoms with van der Waals surface area (Å²) in [6, 6.07) is 16.2. The zero-order valence-corrected chi connectivity index (χ0v) is 18.7. The molecule has 0 atom stereocenters. The molecule has 0 aliphatic heterocycles. The number of amides is 1. The molecule has 0 radical (unpaired) electrons. The van der Waals surface area contributed by atoms with Crippen molar-refractivity contribution in [2.75, 3.05) is 5.32 Å². The molecule has 0 saturated carbocycles. The fourth-order valence-corrected chi connectivity index (χ4v) is 4.15. The van der Waals surface area contributed by atoms with Crippen LogP contribution in [0, 0.1) is 20.8 Å². The molecule has 4 aromatic rings. The summed E-state index contributed by atoms with van der Waals surface area (Å²) in [4.78, 5) is 13.3. The summed E-state index contributed by atoms with van der Waals surface area (Å²) in [5.74, 6) is 0.749. The maximum Gasteiger partial charge on any atom is 0.265 e. The van der Waals surface area contributed by atoms with E-state index in [1.807, 2.05) is 40.5 Å². The Morgan fingerprint density at radius 3 is 2.71 bits per heavy atom. The number of aryl methyl sites for hydroxylation is 2. The maximum absolute atomic E-state index is 12.6. The van der Waals surface area contributed by atoms with Crippen molar-refractivity contribution in [3.05, 3.63) is 99.0 Å². The number of carbonyl (C=O) groups excluding carboxylic acids is 1. The molecule has 0 saturated heterocycles. The van der Waals surface area contributed by atoms with Crippen LogP contribution in [0.5, 0.6) is 5.75 Å². The predicted molar refractivity (Wildman–Crippen MR) is 125 cm³/mol. The van der Waals surface area contributed by atoms with Gasteiger partial charge in [-0.15, -0.1) is 11.3 Å². The fourth-order valence-electron chi connectivity index (χ4n) is 3.36. The molecule has 0 spiro atoms. The van der Waals surface area contributed by atoms with Crippen molar-refractivity contribution in [2.45, 2.75) is 33.9 Å². The van der Waals surface area contributed by atoms with E-state index in [0.29, 0.717) is 23.7 Å². The number of nitrogens with one attached hydrogen (secondary N) is 1. The van der Waals surface area contributed by atoms with Gasteiger partial charge < -0.3 is 10.1 Å². The molecule has 158 valence electrons. The van der Waals surface area contributed by atoms with Crippen LogP contribution in [0.15, 0.2) is 66.3 Å². The van der Waals surface area contributed by atoms with E-state index in [9.17, 15) is 4.79 Å². The summed E-state index contributed by atoms with van der Waals surface area (Å²) in [6.45, 7) is 7.31. The van der Waals surface area contributed by atoms with Gasteiger partial charge in [-0.3, -0.25) is 9.48 Å². The average Bonchev–Trinajstić information content (AvgIpc) is 3.40. The fraction of sp³-hybridized carbons (Fsp3) is 0.200. The van der Waals surface area contributed by atoms with Crippen LogP contribution in [0.25, 0.3) is 0 Å². The summed E-state index contributed by atoms with van der Waals surface area (Å²) in [5.41, 5.74) is 6.35. The van der Waals surface area contributed by atoms with E-state index in [4.69, 9.17) is 4.74 Å². The zero-order chi connectivity index (χ0) is 21.8. The monoisotopic (exact) mass is 431 g/mol. The van der Waals surface area contributed by atoms with Crippen LogP contribution in [-0.4, -0.2) is 15.7 Å². The summed E-state index contributed by atoms with van der Waals surface area (Å²) < 4.78 is 7.83. The Hall–Kier alpha value is -3.38. The SMILES string of the molecule is Cc1cc(C)c(C)c(OCc2csc(C(=O)Nc3cnn(Cc4ccccc4)c3)c2)c1. The van der Waals surface area contributed by atoms with Gasteiger partial charge in [0.15, 0.2) is 0 Å². The molecule has 2 heterocycles. The first kappa shape index (κ1) is 20.9. The first-order valence-corrected chi connectivity index (χ1v) is 11.0. The van der Waals surface area contributed by atoms with E-state index in [1.54, 1.807) is 6.20 Å². The van der Waals surface area contributed by atoms with Gasteiger partial charge in [-0.2, -0.15) is 5.10 Å². The van der Waals surface area contributed by atoms with Crippen LogP contribution in [-0.2, 0) is 13.2 Å². The highest BCUT2D eigenvalue weighted by molar-refractivity contribution is 7.12. The van der Waals surface area contributed by atoms with Gasteiger partial charge >= 0.3 is 0 Å². The zero-order valence-electron chi connectivity index (χ0n) is 17.9. The second-order valence-electron chi connectivity index (χ2n) is 7.68. The van der Waals surface area contributed by atoms with E-state index in [0.717, 1.165) is 22.4 Å². The number of anilines is 1. The quantitative estimate of drug-likeness (QED) is 0.405. The van der Waals surface area contributed by atoms with Gasteiger partial charge in [-0.05, 0) is 60.5 Å². The summed E-state index contributed by atoms with van der Waals surface area (Å²) in [5, 5.41) is 9.22. The lowest BCUT2D eigenvalue weighted by atomic mass is 10.1. The molecule has 0 unspecified atom stereocenters. The van der Waals surface area contributed by atoms with Gasteiger partial charge in [0.2, 0.25) is 0 Å². The lowest BCUT2D eigenvalue weighted by Gasteiger charge is -2.11. The van der Waals surface area contributed by atoms with Gasteiger partial charge in [0.05, 0.1) is 23.3 Å². The molecule has 0 aliphatic rings. The molecule has 5 nitrogen and oxygen atoms in total. The molecule has 0 bridgehead atoms. The average molecular weight is 432 g/mol. The Kier molecular flexibility index (Phi) is 6.18. The van der Waals surface area contributed by atoms with Crippen molar-refractivity contribution in [1.29, 1.82) is 0 Å². The predicted octanol–water partition coefficient (Wildman–Crippen LogP) is 5.75. The third-order valence-corrected chi connectivity index (χ3v) is 6.09. The van der Waals surface area contributed by atoms with E-state index < -0.39 is 0 Å². The molecule has 1 N–H and O–H groups in total. The molecule has 6 heteroatoms. The number of thiophene rings is 1. The van der Waals surface area contributed by atoms with Gasteiger partial charge in [-0.1, -0.05) is 36.4 Å². The molecule has 1 amide bonds. The van der Waals surface area contributed by atoms with Crippen molar-refractivity contribution in [1.82, 2.24) is 9.78 Å². The number of nitrogens with zero attached hydrogens (tertiary/aromatic N) is 2. The number of aromatic nitrogens is 2. The van der Waals surface area contributed by atoms with Gasteiger partial charge in [0.25, 0.3) is 5.91 Å². The van der Waals surface area contributed by atoms with Crippen LogP contribution >= 0.6 is 11.3 Å². The van der Waals surface area contributed by atoms with Gasteiger partial charge in [-0.25, -0.2) is 0 Å². The number of benzene rings is 2. The lowest BCUT2D eigenvalue weighted by molar-refractivity contribution is 0.103. The lowest BCUT2D eigenvalue weighted by Crippen LogP contribution is -2.09. The minimum Gasteiger partial charge on any atom is -0.489 e. The van der Waals surface area contributed by atoms with Crippen LogP contribution < -0.4 is 10.1 Å². The van der Waals surface area contributed by atoms with Crippen LogP contribution in [0.1, 0.15) is 37.5 Å². The smallest absolute Gasteiger partial charge is 0.265 e. The summed E-state index contributed by atoms with van der Waals surface area (Å²) in [6.07, 6.45) is 3.51. The van der Waals surface area contributed by atoms with E-state index in [-0.39, 0.29) is 5.91 Å². The van der Waals surface area contributed by atoms with Crippen LogP contribution in [0.2, 0.25) is 0 Å². The second-order valence-corrected chi connectivity index (χ2v) is 8.59. The van der Waals surface area contributed by atoms with Crippen molar-refractivity contribution in [2.24, 2.45) is 0 Å². The van der Waals surface area contributed by atoms with E-state index >= 15 is 0 Å². The Morgan fingerprint density at radius 1 is 1.10 bits per heavy atom. The third-order valence-electron chi connectivity index (χ3n) is 5.11. The topological polar surface area (TPSA) is 56.1 Å². The standard InChI is InChI=1S/C25H25N3O2S/c1-17-9-18(2)19(3)23(10-17)30-15-21-11-24(31-16-21)25(29)27-22-12-26-28(14-22)13-20-7-5-4-6-8-20/h4-12,14,16H,13,15H2,1-3H3,(H,27,29). The molecule has 31 heavy (non-hydrogen) atoms. The highest BCUT2D eigenvalue weighted by Gasteiger charge is 2.12. The minimum atomic E-state index is -0.141. The molecule has 4 rings (SSSR count). The number of rotatable bonds is 7. The summed E-state index contributed by atoms with van der Waals surface area (Å²) in [7, 11) is 0. The molecule has 0 fully saturated rings. The van der Waals surface area contributed by atoms with Gasteiger partial charge in [0.1, 0.15) is 12.4 Å². The highest BCUT2D eigenvalue weighted by atomic mass is 32.1. The van der Waals surface area contributed by atoms with Crippen LogP contribution in [0.4, 0.5) is 5.69 Å². The van der Waals surface area contributed by atoms with E-state index in [2.05, 4.69) is 55.5 Å². The Labute approximate surface area is 186 Å². The molecular weight excluding hydrogens is 406 g/mol. The molecule has 2 aromatic carbocycles. The molecule has 2 aromatic heterocycles. The number of carbonyl (C=O) groups is 1. The first-order valence-electron chi connectivity index (χ1n) is 10.1. The maximum atomic E-state index is 12.6. The number of ether oxygens (including phenoxy) is 1. The third kappa shape index (κ3) is 5.22. The number of hydrogen-bond donors (Lipinski definition) is 1. The molecule has 0 aliphatic carbocycles. The van der Waals surface area contributed by atoms with Crippen molar-refractivity contribution in [3.8, 4) is 5.75 Å². The Morgan fingerprint density at radius 2 is 1.90 bits per heavy atom. The Bertz CT molecular complexity index is 1190. The normalized spacial score (nSPS) is 10.8. The molecular formula is C25H25N3O2S. The van der Waals surface area contributed by atoms with Crippen molar-refractivity contribution >= 4 is 22.9 Å². The number of hydrogen-bond acceptors (Lipinski definition) is 4.